The van der Waals surface area contributed by atoms with Crippen LogP contribution in [0.15, 0.2) is 54.0 Å². The van der Waals surface area contributed by atoms with Crippen molar-refractivity contribution in [1.82, 2.24) is 20.2 Å². The molecule has 0 saturated heterocycles. The summed E-state index contributed by atoms with van der Waals surface area (Å²) in [7, 11) is 0. The van der Waals surface area contributed by atoms with E-state index in [-0.39, 0.29) is 36.7 Å². The summed E-state index contributed by atoms with van der Waals surface area (Å²) in [4.78, 5) is 48.1. The summed E-state index contributed by atoms with van der Waals surface area (Å²) in [6.07, 6.45) is 4.33. The molecule has 2 aromatic heterocycles. The smallest absolute Gasteiger partial charge is 0.254 e. The quantitative estimate of drug-likeness (QED) is 0.467. The van der Waals surface area contributed by atoms with Crippen LogP contribution in [0.5, 0.6) is 0 Å². The van der Waals surface area contributed by atoms with Crippen LogP contribution in [0.1, 0.15) is 40.2 Å². The van der Waals surface area contributed by atoms with E-state index in [1.165, 1.54) is 11.3 Å². The van der Waals surface area contributed by atoms with E-state index in [9.17, 15) is 14.4 Å². The van der Waals surface area contributed by atoms with Crippen molar-refractivity contribution in [1.29, 1.82) is 0 Å². The highest BCUT2D eigenvalue weighted by molar-refractivity contribution is 7.13. The second kappa shape index (κ2) is 11.0. The maximum Gasteiger partial charge on any atom is 0.254 e. The van der Waals surface area contributed by atoms with E-state index in [1.54, 1.807) is 22.5 Å². The molecule has 1 fully saturated rings. The van der Waals surface area contributed by atoms with Gasteiger partial charge in [-0.05, 0) is 43.5 Å². The molecule has 9 heteroatoms. The molecule has 1 aromatic carbocycles. The van der Waals surface area contributed by atoms with Gasteiger partial charge in [-0.25, -0.2) is 4.98 Å². The van der Waals surface area contributed by atoms with Gasteiger partial charge in [-0.3, -0.25) is 19.4 Å². The van der Waals surface area contributed by atoms with E-state index < -0.39 is 0 Å². The SMILES string of the molecule is Cc1ccccc1C(=O)N(CC(=O)Nc1nc(CC(=O)NCCc2ccccn2)cs1)C1CC1. The third-order valence-corrected chi connectivity index (χ3v) is 6.31. The molecule has 0 unspecified atom stereocenters. The minimum Gasteiger partial charge on any atom is -0.355 e. The number of benzene rings is 1. The average molecular weight is 478 g/mol. The van der Waals surface area contributed by atoms with Crippen LogP contribution in [0.25, 0.3) is 0 Å². The molecule has 0 bridgehead atoms. The molecule has 2 N–H and O–H groups in total. The summed E-state index contributed by atoms with van der Waals surface area (Å²) in [6, 6.07) is 13.2. The molecule has 8 nitrogen and oxygen atoms in total. The number of pyridine rings is 1. The molecule has 1 aliphatic carbocycles. The predicted molar refractivity (Wildman–Crippen MR) is 131 cm³/mol. The Bertz CT molecular complexity index is 1160. The van der Waals surface area contributed by atoms with E-state index in [0.29, 0.717) is 29.4 Å². The molecule has 0 atom stereocenters. The van der Waals surface area contributed by atoms with Crippen molar-refractivity contribution in [2.75, 3.05) is 18.4 Å². The molecule has 2 heterocycles. The van der Waals surface area contributed by atoms with Gasteiger partial charge < -0.3 is 15.5 Å². The standard InChI is InChI=1S/C25H27N5O3S/c1-17-6-2-3-8-21(17)24(33)30(20-9-10-20)15-23(32)29-25-28-19(16-34-25)14-22(31)27-13-11-18-7-4-5-12-26-18/h2-8,12,16,20H,9-11,13-15H2,1H3,(H,27,31)(H,28,29,32). The third kappa shape index (κ3) is 6.48. The number of nitrogens with zero attached hydrogens (tertiary/aromatic N) is 3. The zero-order valence-electron chi connectivity index (χ0n) is 19.0. The Morgan fingerprint density at radius 3 is 2.59 bits per heavy atom. The number of carbonyl (C=O) groups is 3. The normalized spacial score (nSPS) is 12.7. The van der Waals surface area contributed by atoms with Crippen LogP contribution in [-0.4, -0.2) is 51.7 Å². The Morgan fingerprint density at radius 1 is 1.06 bits per heavy atom. The van der Waals surface area contributed by atoms with Crippen LogP contribution in [0, 0.1) is 6.92 Å². The van der Waals surface area contributed by atoms with Gasteiger partial charge >= 0.3 is 0 Å². The first kappa shape index (κ1) is 23.6. The molecule has 3 aromatic rings. The lowest BCUT2D eigenvalue weighted by Crippen LogP contribution is -2.39. The molecule has 3 amide bonds. The van der Waals surface area contributed by atoms with Gasteiger partial charge in [0.25, 0.3) is 5.91 Å². The minimum absolute atomic E-state index is 0.0270. The lowest BCUT2D eigenvalue weighted by molar-refractivity contribution is -0.120. The molecule has 0 radical (unpaired) electrons. The van der Waals surface area contributed by atoms with E-state index in [4.69, 9.17) is 0 Å². The molecular formula is C25H27N5O3S. The largest absolute Gasteiger partial charge is 0.355 e. The summed E-state index contributed by atoms with van der Waals surface area (Å²) in [5.41, 5.74) is 3.02. The number of anilines is 1. The van der Waals surface area contributed by atoms with Crippen molar-refractivity contribution in [3.8, 4) is 0 Å². The van der Waals surface area contributed by atoms with Crippen molar-refractivity contribution in [3.05, 3.63) is 76.6 Å². The molecule has 176 valence electrons. The third-order valence-electron chi connectivity index (χ3n) is 5.51. The zero-order valence-corrected chi connectivity index (χ0v) is 19.8. The summed E-state index contributed by atoms with van der Waals surface area (Å²) < 4.78 is 0. The van der Waals surface area contributed by atoms with Crippen molar-refractivity contribution < 1.29 is 14.4 Å². The highest BCUT2D eigenvalue weighted by Crippen LogP contribution is 2.29. The van der Waals surface area contributed by atoms with Crippen LogP contribution in [0.3, 0.4) is 0 Å². The lowest BCUT2D eigenvalue weighted by Gasteiger charge is -2.22. The molecule has 1 saturated carbocycles. The fraction of sp³-hybridized carbons (Fsp3) is 0.320. The molecule has 34 heavy (non-hydrogen) atoms. The topological polar surface area (TPSA) is 104 Å². The van der Waals surface area contributed by atoms with Gasteiger partial charge in [-0.1, -0.05) is 24.3 Å². The Balaban J connectivity index is 1.26. The van der Waals surface area contributed by atoms with Crippen LogP contribution in [0.2, 0.25) is 0 Å². The number of amides is 3. The minimum atomic E-state index is -0.297. The van der Waals surface area contributed by atoms with Crippen LogP contribution < -0.4 is 10.6 Å². The van der Waals surface area contributed by atoms with Gasteiger partial charge in [0.2, 0.25) is 11.8 Å². The van der Waals surface area contributed by atoms with Crippen molar-refractivity contribution in [2.45, 2.75) is 38.6 Å². The maximum absolute atomic E-state index is 13.0. The van der Waals surface area contributed by atoms with Gasteiger partial charge in [-0.15, -0.1) is 11.3 Å². The molecule has 4 rings (SSSR count). The van der Waals surface area contributed by atoms with Gasteiger partial charge in [0.05, 0.1) is 12.1 Å². The Labute approximate surface area is 202 Å². The van der Waals surface area contributed by atoms with Gasteiger partial charge in [0, 0.05) is 41.8 Å². The number of thiazole rings is 1. The second-order valence-corrected chi connectivity index (χ2v) is 9.13. The first-order valence-corrected chi connectivity index (χ1v) is 12.1. The second-order valence-electron chi connectivity index (χ2n) is 8.27. The van der Waals surface area contributed by atoms with E-state index in [0.717, 1.165) is 24.1 Å². The first-order valence-electron chi connectivity index (χ1n) is 11.3. The number of nitrogens with one attached hydrogen (secondary N) is 2. The summed E-state index contributed by atoms with van der Waals surface area (Å²) in [5.74, 6) is -0.560. The number of carbonyl (C=O) groups excluding carboxylic acids is 3. The van der Waals surface area contributed by atoms with Gasteiger partial charge in [-0.2, -0.15) is 0 Å². The summed E-state index contributed by atoms with van der Waals surface area (Å²) in [5, 5.41) is 7.80. The molecular weight excluding hydrogens is 450 g/mol. The van der Waals surface area contributed by atoms with Crippen molar-refractivity contribution >= 4 is 34.2 Å². The van der Waals surface area contributed by atoms with Crippen molar-refractivity contribution in [2.24, 2.45) is 0 Å². The maximum atomic E-state index is 13.0. The van der Waals surface area contributed by atoms with E-state index in [1.807, 2.05) is 43.3 Å². The molecule has 0 spiro atoms. The average Bonchev–Trinajstić information content (AvgIpc) is 3.58. The number of aromatic nitrogens is 2. The molecule has 1 aliphatic rings. The predicted octanol–water partition coefficient (Wildman–Crippen LogP) is 2.99. The highest BCUT2D eigenvalue weighted by Gasteiger charge is 2.34. The lowest BCUT2D eigenvalue weighted by atomic mass is 10.1. The number of aryl methyl sites for hydroxylation is 1. The molecule has 0 aliphatic heterocycles. The Morgan fingerprint density at radius 2 is 1.85 bits per heavy atom. The van der Waals surface area contributed by atoms with Gasteiger partial charge in [0.1, 0.15) is 6.54 Å². The van der Waals surface area contributed by atoms with Crippen molar-refractivity contribution in [3.63, 3.8) is 0 Å². The summed E-state index contributed by atoms with van der Waals surface area (Å²) >= 11 is 1.26. The van der Waals surface area contributed by atoms with E-state index >= 15 is 0 Å². The fourth-order valence-electron chi connectivity index (χ4n) is 3.58. The van der Waals surface area contributed by atoms with Crippen LogP contribution >= 0.6 is 11.3 Å². The first-order chi connectivity index (χ1) is 16.5. The Hall–Kier alpha value is -3.59. The highest BCUT2D eigenvalue weighted by atomic mass is 32.1. The van der Waals surface area contributed by atoms with Crippen LogP contribution in [0.4, 0.5) is 5.13 Å². The van der Waals surface area contributed by atoms with Gasteiger partial charge in [0.15, 0.2) is 5.13 Å². The number of hydrogen-bond donors (Lipinski definition) is 2. The number of rotatable bonds is 10. The monoisotopic (exact) mass is 477 g/mol. The number of hydrogen-bond acceptors (Lipinski definition) is 6. The van der Waals surface area contributed by atoms with Crippen LogP contribution in [-0.2, 0) is 22.4 Å². The zero-order chi connectivity index (χ0) is 23.9. The fourth-order valence-corrected chi connectivity index (χ4v) is 4.31. The van der Waals surface area contributed by atoms with E-state index in [2.05, 4.69) is 20.6 Å². The summed E-state index contributed by atoms with van der Waals surface area (Å²) in [6.45, 7) is 2.36. The Kier molecular flexibility index (Phi) is 7.64.